The lowest BCUT2D eigenvalue weighted by Crippen LogP contribution is -2.13. The third-order valence-corrected chi connectivity index (χ3v) is 5.63. The third-order valence-electron chi connectivity index (χ3n) is 5.63. The summed E-state index contributed by atoms with van der Waals surface area (Å²) in [4.78, 5) is 20.5. The molecule has 0 aliphatic rings. The molecule has 0 bridgehead atoms. The predicted molar refractivity (Wildman–Crippen MR) is 123 cm³/mol. The van der Waals surface area contributed by atoms with Gasteiger partial charge in [-0.15, -0.1) is 0 Å². The lowest BCUT2D eigenvalue weighted by atomic mass is 9.97. The van der Waals surface area contributed by atoms with Crippen molar-refractivity contribution < 1.29 is 18.0 Å². The van der Waals surface area contributed by atoms with Gasteiger partial charge in [-0.05, 0) is 72.1 Å². The molecular formula is C26H18F3N3O. The average molecular weight is 445 g/mol. The molecule has 2 N–H and O–H groups in total. The van der Waals surface area contributed by atoms with E-state index in [9.17, 15) is 18.0 Å². The summed E-state index contributed by atoms with van der Waals surface area (Å²) in [5.41, 5.74) is 4.11. The molecule has 5 aromatic rings. The van der Waals surface area contributed by atoms with Crippen molar-refractivity contribution in [2.24, 2.45) is 0 Å². The molecule has 2 heterocycles. The van der Waals surface area contributed by atoms with E-state index < -0.39 is 17.6 Å². The number of nitrogens with zero attached hydrogens (tertiary/aromatic N) is 1. The van der Waals surface area contributed by atoms with Crippen LogP contribution in [0.15, 0.2) is 79.0 Å². The average Bonchev–Trinajstić information content (AvgIpc) is 3.17. The Morgan fingerprint density at radius 1 is 0.939 bits per heavy atom. The van der Waals surface area contributed by atoms with Crippen molar-refractivity contribution in [3.63, 3.8) is 0 Å². The summed E-state index contributed by atoms with van der Waals surface area (Å²) in [5.74, 6) is -0.480. The SMILES string of the molecule is Cc1ccc(C(=O)Nc2cccc(C(F)(F)F)c2)cc1-c1ccc2c(c1)[nH]c1ncccc12. The molecule has 2 aromatic heterocycles. The molecule has 0 aliphatic carbocycles. The zero-order valence-corrected chi connectivity index (χ0v) is 17.5. The molecule has 0 radical (unpaired) electrons. The first-order valence-corrected chi connectivity index (χ1v) is 10.3. The van der Waals surface area contributed by atoms with Gasteiger partial charge < -0.3 is 10.3 Å². The number of hydrogen-bond acceptors (Lipinski definition) is 2. The Hall–Kier alpha value is -4.13. The smallest absolute Gasteiger partial charge is 0.339 e. The number of nitrogens with one attached hydrogen (secondary N) is 2. The summed E-state index contributed by atoms with van der Waals surface area (Å²) in [6.45, 7) is 1.95. The minimum absolute atomic E-state index is 0.0870. The minimum atomic E-state index is -4.48. The van der Waals surface area contributed by atoms with E-state index in [1.807, 2.05) is 43.3 Å². The molecule has 3 aromatic carbocycles. The second-order valence-electron chi connectivity index (χ2n) is 7.85. The Balaban J connectivity index is 1.48. The highest BCUT2D eigenvalue weighted by atomic mass is 19.4. The molecule has 33 heavy (non-hydrogen) atoms. The standard InChI is InChI=1S/C26H18F3N3O/c1-15-7-8-17(25(33)31-19-5-2-4-18(14-19)26(27,28)29)12-22(15)16-9-10-20-21-6-3-11-30-24(21)32-23(20)13-16/h2-14H,1H3,(H,30,32)(H,31,33). The van der Waals surface area contributed by atoms with Crippen LogP contribution in [0.1, 0.15) is 21.5 Å². The van der Waals surface area contributed by atoms with Crippen LogP contribution in [0.25, 0.3) is 33.1 Å². The van der Waals surface area contributed by atoms with Crippen LogP contribution in [0.5, 0.6) is 0 Å². The molecule has 0 spiro atoms. The number of rotatable bonds is 3. The highest BCUT2D eigenvalue weighted by molar-refractivity contribution is 6.07. The third kappa shape index (κ3) is 3.93. The van der Waals surface area contributed by atoms with Gasteiger partial charge in [0.1, 0.15) is 5.65 Å². The van der Waals surface area contributed by atoms with E-state index >= 15 is 0 Å². The van der Waals surface area contributed by atoms with Crippen LogP contribution >= 0.6 is 0 Å². The van der Waals surface area contributed by atoms with E-state index in [0.717, 1.165) is 50.8 Å². The number of anilines is 1. The molecule has 0 unspecified atom stereocenters. The van der Waals surface area contributed by atoms with Crippen LogP contribution in [0.4, 0.5) is 18.9 Å². The summed E-state index contributed by atoms with van der Waals surface area (Å²) in [6.07, 6.45) is -2.75. The number of halogens is 3. The number of pyridine rings is 1. The quantitative estimate of drug-likeness (QED) is 0.315. The number of aromatic amines is 1. The van der Waals surface area contributed by atoms with Crippen LogP contribution in [-0.2, 0) is 6.18 Å². The highest BCUT2D eigenvalue weighted by Gasteiger charge is 2.30. The highest BCUT2D eigenvalue weighted by Crippen LogP contribution is 2.32. The fourth-order valence-corrected chi connectivity index (χ4v) is 3.95. The Kier molecular flexibility index (Phi) is 4.89. The number of hydrogen-bond donors (Lipinski definition) is 2. The van der Waals surface area contributed by atoms with Crippen LogP contribution in [0.2, 0.25) is 0 Å². The van der Waals surface area contributed by atoms with Gasteiger partial charge in [-0.3, -0.25) is 4.79 Å². The monoisotopic (exact) mass is 445 g/mol. The summed E-state index contributed by atoms with van der Waals surface area (Å²) in [5, 5.41) is 4.65. The van der Waals surface area contributed by atoms with Gasteiger partial charge in [-0.25, -0.2) is 4.98 Å². The maximum Gasteiger partial charge on any atom is 0.416 e. The van der Waals surface area contributed by atoms with E-state index in [4.69, 9.17) is 0 Å². The van der Waals surface area contributed by atoms with Gasteiger partial charge in [-0.1, -0.05) is 24.3 Å². The Bertz CT molecular complexity index is 1520. The number of benzene rings is 3. The summed E-state index contributed by atoms with van der Waals surface area (Å²) in [6, 6.07) is 19.7. The maximum atomic E-state index is 13.0. The molecule has 164 valence electrons. The van der Waals surface area contributed by atoms with Crippen LogP contribution < -0.4 is 5.32 Å². The normalized spacial score (nSPS) is 11.8. The van der Waals surface area contributed by atoms with Gasteiger partial charge in [0.05, 0.1) is 5.56 Å². The number of H-pyrrole nitrogens is 1. The number of carbonyl (C=O) groups excluding carboxylic acids is 1. The van der Waals surface area contributed by atoms with Crippen molar-refractivity contribution in [1.82, 2.24) is 9.97 Å². The van der Waals surface area contributed by atoms with Crippen molar-refractivity contribution in [3.05, 3.63) is 95.7 Å². The van der Waals surface area contributed by atoms with Crippen LogP contribution in [-0.4, -0.2) is 15.9 Å². The molecule has 0 saturated carbocycles. The summed E-state index contributed by atoms with van der Waals surface area (Å²) < 4.78 is 38.9. The zero-order valence-electron chi connectivity index (χ0n) is 17.5. The number of alkyl halides is 3. The van der Waals surface area contributed by atoms with Gasteiger partial charge >= 0.3 is 6.18 Å². The number of carbonyl (C=O) groups is 1. The number of aromatic nitrogens is 2. The van der Waals surface area contributed by atoms with E-state index in [-0.39, 0.29) is 5.69 Å². The van der Waals surface area contributed by atoms with Gasteiger partial charge in [-0.2, -0.15) is 13.2 Å². The van der Waals surface area contributed by atoms with Crippen molar-refractivity contribution in [3.8, 4) is 11.1 Å². The molecule has 0 fully saturated rings. The minimum Gasteiger partial charge on any atom is -0.339 e. The Morgan fingerprint density at radius 2 is 1.79 bits per heavy atom. The topological polar surface area (TPSA) is 57.8 Å². The number of aryl methyl sites for hydroxylation is 1. The largest absolute Gasteiger partial charge is 0.416 e. The lowest BCUT2D eigenvalue weighted by Gasteiger charge is -2.12. The maximum absolute atomic E-state index is 13.0. The molecule has 5 rings (SSSR count). The van der Waals surface area contributed by atoms with E-state index in [1.54, 1.807) is 18.3 Å². The second kappa shape index (κ2) is 7.78. The van der Waals surface area contributed by atoms with Gasteiger partial charge in [0.15, 0.2) is 0 Å². The first-order chi connectivity index (χ1) is 15.8. The van der Waals surface area contributed by atoms with Gasteiger partial charge in [0, 0.05) is 33.7 Å². The molecule has 0 saturated heterocycles. The lowest BCUT2D eigenvalue weighted by molar-refractivity contribution is -0.137. The van der Waals surface area contributed by atoms with Crippen molar-refractivity contribution in [2.75, 3.05) is 5.32 Å². The van der Waals surface area contributed by atoms with E-state index in [1.165, 1.54) is 12.1 Å². The van der Waals surface area contributed by atoms with Crippen molar-refractivity contribution >= 4 is 33.5 Å². The van der Waals surface area contributed by atoms with Crippen LogP contribution in [0, 0.1) is 6.92 Å². The summed E-state index contributed by atoms with van der Waals surface area (Å²) in [7, 11) is 0. The first-order valence-electron chi connectivity index (χ1n) is 10.3. The van der Waals surface area contributed by atoms with Crippen molar-refractivity contribution in [1.29, 1.82) is 0 Å². The van der Waals surface area contributed by atoms with Gasteiger partial charge in [0.25, 0.3) is 5.91 Å². The fraction of sp³-hybridized carbons (Fsp3) is 0.0769. The van der Waals surface area contributed by atoms with E-state index in [0.29, 0.717) is 5.56 Å². The van der Waals surface area contributed by atoms with E-state index in [2.05, 4.69) is 15.3 Å². The number of amides is 1. The number of fused-ring (bicyclic) bond motifs is 3. The molecule has 0 aliphatic heterocycles. The molecule has 4 nitrogen and oxygen atoms in total. The molecule has 0 atom stereocenters. The molecule has 1 amide bonds. The first kappa shape index (κ1) is 20.8. The molecular weight excluding hydrogens is 427 g/mol. The van der Waals surface area contributed by atoms with Crippen LogP contribution in [0.3, 0.4) is 0 Å². The fourth-order valence-electron chi connectivity index (χ4n) is 3.95. The molecule has 7 heteroatoms. The zero-order chi connectivity index (χ0) is 23.2. The van der Waals surface area contributed by atoms with Crippen molar-refractivity contribution in [2.45, 2.75) is 13.1 Å². The summed E-state index contributed by atoms with van der Waals surface area (Å²) >= 11 is 0. The Morgan fingerprint density at radius 3 is 2.61 bits per heavy atom. The second-order valence-corrected chi connectivity index (χ2v) is 7.85. The van der Waals surface area contributed by atoms with Gasteiger partial charge in [0.2, 0.25) is 0 Å². The Labute approximate surface area is 187 Å². The predicted octanol–water partition coefficient (Wildman–Crippen LogP) is 6.96.